The standard InChI is InChI=1S/C30H59NO5S/c1-3-5-7-9-11-12-13-14-15-16-17-18-20-22-24-26-30(33)31-28(27-37(34,35)36)29(32)25-23-21-19-10-8-6-4-2/h14-15,28-29,32H,3-13,16-27H2,1-2H3,(H,31,33)(H,34,35,36)/b15-14-. The van der Waals surface area contributed by atoms with E-state index in [9.17, 15) is 22.9 Å². The molecule has 0 aliphatic heterocycles. The Morgan fingerprint density at radius 1 is 0.703 bits per heavy atom. The van der Waals surface area contributed by atoms with Crippen molar-refractivity contribution in [3.8, 4) is 0 Å². The molecule has 0 spiro atoms. The molecule has 0 aromatic heterocycles. The molecule has 1 amide bonds. The van der Waals surface area contributed by atoms with Gasteiger partial charge in [0.25, 0.3) is 10.1 Å². The normalized spacial score (nSPS) is 13.7. The summed E-state index contributed by atoms with van der Waals surface area (Å²) < 4.78 is 32.1. The van der Waals surface area contributed by atoms with E-state index >= 15 is 0 Å². The zero-order chi connectivity index (χ0) is 27.6. The second kappa shape index (κ2) is 25.4. The monoisotopic (exact) mass is 545 g/mol. The van der Waals surface area contributed by atoms with Crippen molar-refractivity contribution in [1.29, 1.82) is 0 Å². The fourth-order valence-electron chi connectivity index (χ4n) is 4.62. The van der Waals surface area contributed by atoms with Crippen LogP contribution in [0.25, 0.3) is 0 Å². The number of amides is 1. The first kappa shape index (κ1) is 36.1. The molecule has 0 fully saturated rings. The van der Waals surface area contributed by atoms with Gasteiger partial charge in [-0.05, 0) is 38.5 Å². The van der Waals surface area contributed by atoms with Crippen molar-refractivity contribution < 1.29 is 22.9 Å². The molecule has 0 aromatic carbocycles. The summed E-state index contributed by atoms with van der Waals surface area (Å²) in [7, 11) is -4.29. The van der Waals surface area contributed by atoms with E-state index in [0.717, 1.165) is 51.4 Å². The number of hydrogen-bond acceptors (Lipinski definition) is 4. The molecule has 0 rings (SSSR count). The van der Waals surface area contributed by atoms with E-state index in [1.807, 2.05) is 0 Å². The molecule has 0 aromatic rings. The molecular formula is C30H59NO5S. The Bertz CT molecular complexity index is 650. The summed E-state index contributed by atoms with van der Waals surface area (Å²) in [6.45, 7) is 4.43. The highest BCUT2D eigenvalue weighted by Gasteiger charge is 2.26. The maximum Gasteiger partial charge on any atom is 0.266 e. The van der Waals surface area contributed by atoms with Gasteiger partial charge in [-0.15, -0.1) is 0 Å². The summed E-state index contributed by atoms with van der Waals surface area (Å²) in [4.78, 5) is 12.3. The van der Waals surface area contributed by atoms with Gasteiger partial charge in [0.15, 0.2) is 0 Å². The number of allylic oxidation sites excluding steroid dienone is 2. The first-order chi connectivity index (χ1) is 17.8. The number of aliphatic hydroxyl groups excluding tert-OH is 1. The van der Waals surface area contributed by atoms with Gasteiger partial charge in [-0.3, -0.25) is 9.35 Å². The summed E-state index contributed by atoms with van der Waals surface area (Å²) in [5.74, 6) is -0.909. The smallest absolute Gasteiger partial charge is 0.266 e. The van der Waals surface area contributed by atoms with E-state index in [0.29, 0.717) is 12.8 Å². The molecule has 220 valence electrons. The summed E-state index contributed by atoms with van der Waals surface area (Å²) in [6, 6.07) is -0.967. The molecule has 0 heterocycles. The van der Waals surface area contributed by atoms with Gasteiger partial charge in [0.2, 0.25) is 5.91 Å². The first-order valence-corrected chi connectivity index (χ1v) is 17.0. The third kappa shape index (κ3) is 26.5. The van der Waals surface area contributed by atoms with E-state index in [2.05, 4.69) is 31.3 Å². The van der Waals surface area contributed by atoms with Crippen molar-refractivity contribution in [1.82, 2.24) is 5.32 Å². The van der Waals surface area contributed by atoms with Crippen LogP contribution in [0.4, 0.5) is 0 Å². The molecule has 0 aliphatic rings. The molecule has 2 atom stereocenters. The lowest BCUT2D eigenvalue weighted by atomic mass is 10.0. The Kier molecular flexibility index (Phi) is 24.7. The minimum absolute atomic E-state index is 0.259. The van der Waals surface area contributed by atoms with Crippen molar-refractivity contribution >= 4 is 16.0 Å². The van der Waals surface area contributed by atoms with Crippen LogP contribution >= 0.6 is 0 Å². The Morgan fingerprint density at radius 2 is 1.14 bits per heavy atom. The second-order valence-corrected chi connectivity index (χ2v) is 12.2. The van der Waals surface area contributed by atoms with Gasteiger partial charge in [-0.2, -0.15) is 8.42 Å². The number of hydrogen-bond donors (Lipinski definition) is 3. The molecule has 2 unspecified atom stereocenters. The SMILES string of the molecule is CCCCCCCC/C=C\CCCCCCCC(=O)NC(CS(=O)(=O)O)C(O)CCCCCCCCC. The minimum atomic E-state index is -4.29. The Hall–Kier alpha value is -0.920. The van der Waals surface area contributed by atoms with Crippen molar-refractivity contribution in [3.05, 3.63) is 12.2 Å². The number of nitrogens with one attached hydrogen (secondary N) is 1. The molecule has 0 aliphatic carbocycles. The molecule has 0 radical (unpaired) electrons. The van der Waals surface area contributed by atoms with Crippen LogP contribution in [0.15, 0.2) is 12.2 Å². The first-order valence-electron chi connectivity index (χ1n) is 15.4. The molecular weight excluding hydrogens is 486 g/mol. The Balaban J connectivity index is 3.96. The summed E-state index contributed by atoms with van der Waals surface area (Å²) in [6.07, 6.45) is 27.5. The minimum Gasteiger partial charge on any atom is -0.391 e. The molecule has 7 heteroatoms. The van der Waals surface area contributed by atoms with Crippen LogP contribution in [0.1, 0.15) is 155 Å². The predicted molar refractivity (Wildman–Crippen MR) is 156 cm³/mol. The van der Waals surface area contributed by atoms with Gasteiger partial charge in [-0.25, -0.2) is 0 Å². The largest absolute Gasteiger partial charge is 0.391 e. The summed E-state index contributed by atoms with van der Waals surface area (Å²) >= 11 is 0. The number of carbonyl (C=O) groups is 1. The molecule has 0 bridgehead atoms. The average Bonchev–Trinajstić information content (AvgIpc) is 2.84. The van der Waals surface area contributed by atoms with Crippen LogP contribution in [0.5, 0.6) is 0 Å². The van der Waals surface area contributed by atoms with Crippen molar-refractivity contribution in [2.45, 2.75) is 167 Å². The molecule has 37 heavy (non-hydrogen) atoms. The van der Waals surface area contributed by atoms with Gasteiger partial charge >= 0.3 is 0 Å². The molecule has 0 saturated heterocycles. The molecule has 0 saturated carbocycles. The lowest BCUT2D eigenvalue weighted by Gasteiger charge is -2.23. The van der Waals surface area contributed by atoms with Crippen LogP contribution < -0.4 is 5.32 Å². The maximum atomic E-state index is 12.3. The van der Waals surface area contributed by atoms with Crippen molar-refractivity contribution in [3.63, 3.8) is 0 Å². The number of rotatable bonds is 27. The van der Waals surface area contributed by atoms with Crippen LogP contribution in [-0.2, 0) is 14.9 Å². The van der Waals surface area contributed by atoms with Gasteiger partial charge < -0.3 is 10.4 Å². The zero-order valence-electron chi connectivity index (χ0n) is 24.1. The molecule has 3 N–H and O–H groups in total. The highest BCUT2D eigenvalue weighted by molar-refractivity contribution is 7.85. The van der Waals surface area contributed by atoms with Gasteiger partial charge in [0.1, 0.15) is 0 Å². The van der Waals surface area contributed by atoms with E-state index < -0.39 is 28.0 Å². The van der Waals surface area contributed by atoms with Crippen LogP contribution in [0, 0.1) is 0 Å². The Morgan fingerprint density at radius 3 is 1.62 bits per heavy atom. The van der Waals surface area contributed by atoms with E-state index in [1.165, 1.54) is 77.0 Å². The highest BCUT2D eigenvalue weighted by Crippen LogP contribution is 2.13. The second-order valence-electron chi connectivity index (χ2n) is 10.7. The highest BCUT2D eigenvalue weighted by atomic mass is 32.2. The summed E-state index contributed by atoms with van der Waals surface area (Å²) in [5, 5.41) is 13.1. The van der Waals surface area contributed by atoms with Crippen LogP contribution in [-0.4, -0.2) is 41.9 Å². The number of aliphatic hydroxyl groups is 1. The lowest BCUT2D eigenvalue weighted by molar-refractivity contribution is -0.122. The van der Waals surface area contributed by atoms with E-state index in [-0.39, 0.29) is 5.91 Å². The zero-order valence-corrected chi connectivity index (χ0v) is 24.9. The summed E-state index contributed by atoms with van der Waals surface area (Å²) in [5.41, 5.74) is 0. The van der Waals surface area contributed by atoms with E-state index in [4.69, 9.17) is 0 Å². The van der Waals surface area contributed by atoms with Gasteiger partial charge in [-0.1, -0.05) is 122 Å². The van der Waals surface area contributed by atoms with E-state index in [1.54, 1.807) is 0 Å². The third-order valence-electron chi connectivity index (χ3n) is 6.97. The van der Waals surface area contributed by atoms with Crippen molar-refractivity contribution in [2.24, 2.45) is 0 Å². The third-order valence-corrected chi connectivity index (χ3v) is 7.75. The predicted octanol–water partition coefficient (Wildman–Crippen LogP) is 7.90. The quantitative estimate of drug-likeness (QED) is 0.0553. The number of carbonyl (C=O) groups excluding carboxylic acids is 1. The fourth-order valence-corrected chi connectivity index (χ4v) is 5.38. The topological polar surface area (TPSA) is 104 Å². The number of unbranched alkanes of at least 4 members (excludes halogenated alkanes) is 17. The van der Waals surface area contributed by atoms with Gasteiger partial charge in [0.05, 0.1) is 17.9 Å². The lowest BCUT2D eigenvalue weighted by Crippen LogP contribution is -2.47. The molecule has 6 nitrogen and oxygen atoms in total. The van der Waals surface area contributed by atoms with Crippen LogP contribution in [0.3, 0.4) is 0 Å². The van der Waals surface area contributed by atoms with Crippen LogP contribution in [0.2, 0.25) is 0 Å². The average molecular weight is 546 g/mol. The Labute approximate surface area is 229 Å². The fraction of sp³-hybridized carbons (Fsp3) is 0.900. The van der Waals surface area contributed by atoms with Crippen molar-refractivity contribution in [2.75, 3.05) is 5.75 Å². The maximum absolute atomic E-state index is 12.3. The van der Waals surface area contributed by atoms with Gasteiger partial charge in [0, 0.05) is 6.42 Å².